The van der Waals surface area contributed by atoms with Gasteiger partial charge in [0.15, 0.2) is 0 Å². The zero-order valence-corrected chi connectivity index (χ0v) is 10.3. The number of aromatic nitrogens is 1. The summed E-state index contributed by atoms with van der Waals surface area (Å²) in [5.74, 6) is 0. The summed E-state index contributed by atoms with van der Waals surface area (Å²) in [7, 11) is 0. The van der Waals surface area contributed by atoms with Crippen molar-refractivity contribution in [1.82, 2.24) is 4.98 Å². The van der Waals surface area contributed by atoms with Crippen LogP contribution in [0.1, 0.15) is 0 Å². The molecule has 92 valence electrons. The molecule has 2 aromatic rings. The Balaban J connectivity index is 2.66. The van der Waals surface area contributed by atoms with Gasteiger partial charge in [-0.15, -0.1) is 0 Å². The molecule has 0 spiro atoms. The third kappa shape index (κ3) is 2.52. The molecule has 0 unspecified atom stereocenters. The van der Waals surface area contributed by atoms with Gasteiger partial charge in [-0.05, 0) is 23.8 Å². The SMILES string of the molecule is O=c1[nH]cc([N+](=O)[O-])cc1-c1cc(Cl)cc(Cl)c1. The zero-order valence-electron chi connectivity index (χ0n) is 8.81. The van der Waals surface area contributed by atoms with Crippen LogP contribution in [0.25, 0.3) is 11.1 Å². The van der Waals surface area contributed by atoms with Gasteiger partial charge in [0.25, 0.3) is 11.2 Å². The Bertz CT molecular complexity index is 662. The van der Waals surface area contributed by atoms with E-state index in [-0.39, 0.29) is 11.3 Å². The van der Waals surface area contributed by atoms with Gasteiger partial charge < -0.3 is 4.98 Å². The monoisotopic (exact) mass is 284 g/mol. The predicted molar refractivity (Wildman–Crippen MR) is 69.2 cm³/mol. The maximum Gasteiger partial charge on any atom is 0.286 e. The highest BCUT2D eigenvalue weighted by molar-refractivity contribution is 6.35. The first kappa shape index (κ1) is 12.6. The molecule has 0 bridgehead atoms. The molecule has 0 radical (unpaired) electrons. The molecular formula is C11H6Cl2N2O3. The van der Waals surface area contributed by atoms with Crippen LogP contribution in [0.2, 0.25) is 10.0 Å². The molecule has 5 nitrogen and oxygen atoms in total. The van der Waals surface area contributed by atoms with Crippen LogP contribution in [0.4, 0.5) is 5.69 Å². The fourth-order valence-electron chi connectivity index (χ4n) is 1.50. The molecular weight excluding hydrogens is 279 g/mol. The van der Waals surface area contributed by atoms with Gasteiger partial charge in [-0.3, -0.25) is 14.9 Å². The van der Waals surface area contributed by atoms with E-state index >= 15 is 0 Å². The van der Waals surface area contributed by atoms with Crippen LogP contribution in [0.5, 0.6) is 0 Å². The number of rotatable bonds is 2. The van der Waals surface area contributed by atoms with Crippen LogP contribution >= 0.6 is 23.2 Å². The summed E-state index contributed by atoms with van der Waals surface area (Å²) in [4.78, 5) is 24.0. The zero-order chi connectivity index (χ0) is 13.3. The minimum absolute atomic E-state index is 0.147. The average Bonchev–Trinajstić information content (AvgIpc) is 2.27. The molecule has 1 aromatic carbocycles. The highest BCUT2D eigenvalue weighted by atomic mass is 35.5. The molecule has 0 saturated heterocycles. The van der Waals surface area contributed by atoms with Crippen molar-refractivity contribution in [1.29, 1.82) is 0 Å². The lowest BCUT2D eigenvalue weighted by Crippen LogP contribution is -2.09. The van der Waals surface area contributed by atoms with E-state index in [1.807, 2.05) is 0 Å². The molecule has 0 saturated carbocycles. The largest absolute Gasteiger partial charge is 0.322 e. The second-order valence-corrected chi connectivity index (χ2v) is 4.39. The van der Waals surface area contributed by atoms with Crippen LogP contribution in [0, 0.1) is 10.1 Å². The van der Waals surface area contributed by atoms with Crippen molar-refractivity contribution in [2.24, 2.45) is 0 Å². The predicted octanol–water partition coefficient (Wildman–Crippen LogP) is 3.26. The molecule has 2 rings (SSSR count). The number of hydrogen-bond acceptors (Lipinski definition) is 3. The molecule has 0 fully saturated rings. The van der Waals surface area contributed by atoms with Crippen molar-refractivity contribution < 1.29 is 4.92 Å². The van der Waals surface area contributed by atoms with Crippen LogP contribution in [0.15, 0.2) is 35.3 Å². The van der Waals surface area contributed by atoms with Crippen LogP contribution in [0.3, 0.4) is 0 Å². The lowest BCUT2D eigenvalue weighted by molar-refractivity contribution is -0.385. The Morgan fingerprint density at radius 3 is 2.28 bits per heavy atom. The van der Waals surface area contributed by atoms with Gasteiger partial charge in [0.05, 0.1) is 16.7 Å². The molecule has 1 N–H and O–H groups in total. The van der Waals surface area contributed by atoms with E-state index in [0.29, 0.717) is 15.6 Å². The molecule has 0 aliphatic carbocycles. The number of H-pyrrole nitrogens is 1. The topological polar surface area (TPSA) is 76.0 Å². The number of pyridine rings is 1. The van der Waals surface area contributed by atoms with E-state index in [1.54, 1.807) is 0 Å². The van der Waals surface area contributed by atoms with E-state index in [1.165, 1.54) is 24.3 Å². The van der Waals surface area contributed by atoms with Crippen molar-refractivity contribution >= 4 is 28.9 Å². The normalized spacial score (nSPS) is 10.3. The van der Waals surface area contributed by atoms with Crippen molar-refractivity contribution in [2.75, 3.05) is 0 Å². The number of nitro groups is 1. The first-order valence-electron chi connectivity index (χ1n) is 4.81. The van der Waals surface area contributed by atoms with Crippen LogP contribution < -0.4 is 5.56 Å². The second-order valence-electron chi connectivity index (χ2n) is 3.52. The minimum atomic E-state index is -0.592. The summed E-state index contributed by atoms with van der Waals surface area (Å²) >= 11 is 11.6. The van der Waals surface area contributed by atoms with E-state index in [4.69, 9.17) is 23.2 Å². The molecule has 0 aliphatic rings. The van der Waals surface area contributed by atoms with Crippen LogP contribution in [-0.4, -0.2) is 9.91 Å². The molecule has 18 heavy (non-hydrogen) atoms. The highest BCUT2D eigenvalue weighted by Crippen LogP contribution is 2.26. The summed E-state index contributed by atoms with van der Waals surface area (Å²) in [6.07, 6.45) is 1.04. The molecule has 1 heterocycles. The Morgan fingerprint density at radius 2 is 1.72 bits per heavy atom. The van der Waals surface area contributed by atoms with Gasteiger partial charge in [-0.2, -0.15) is 0 Å². The summed E-state index contributed by atoms with van der Waals surface area (Å²) < 4.78 is 0. The van der Waals surface area contributed by atoms with Crippen molar-refractivity contribution in [3.05, 3.63) is 61.0 Å². The number of benzene rings is 1. The fourth-order valence-corrected chi connectivity index (χ4v) is 2.03. The molecule has 1 aromatic heterocycles. The summed E-state index contributed by atoms with van der Waals surface area (Å²) in [6.45, 7) is 0. The summed E-state index contributed by atoms with van der Waals surface area (Å²) in [6, 6.07) is 5.72. The van der Waals surface area contributed by atoms with E-state index in [2.05, 4.69) is 4.98 Å². The Hall–Kier alpha value is -1.85. The van der Waals surface area contributed by atoms with Gasteiger partial charge >= 0.3 is 0 Å². The number of halogens is 2. The smallest absolute Gasteiger partial charge is 0.286 e. The minimum Gasteiger partial charge on any atom is -0.322 e. The van der Waals surface area contributed by atoms with E-state index in [9.17, 15) is 14.9 Å². The van der Waals surface area contributed by atoms with Crippen molar-refractivity contribution in [3.63, 3.8) is 0 Å². The fraction of sp³-hybridized carbons (Fsp3) is 0. The summed E-state index contributed by atoms with van der Waals surface area (Å²) in [5, 5.41) is 11.4. The first-order valence-corrected chi connectivity index (χ1v) is 5.56. The number of nitrogens with zero attached hydrogens (tertiary/aromatic N) is 1. The summed E-state index contributed by atoms with van der Waals surface area (Å²) in [5.41, 5.74) is -0.0781. The number of aromatic amines is 1. The average molecular weight is 285 g/mol. The van der Waals surface area contributed by atoms with E-state index in [0.717, 1.165) is 6.20 Å². The molecule has 7 heteroatoms. The van der Waals surface area contributed by atoms with Gasteiger partial charge in [0, 0.05) is 16.1 Å². The second kappa shape index (κ2) is 4.80. The number of hydrogen-bond donors (Lipinski definition) is 1. The maximum absolute atomic E-state index is 11.7. The first-order chi connectivity index (χ1) is 8.47. The lowest BCUT2D eigenvalue weighted by Gasteiger charge is -2.02. The lowest BCUT2D eigenvalue weighted by atomic mass is 10.1. The number of nitrogens with one attached hydrogen (secondary N) is 1. The molecule has 0 atom stereocenters. The maximum atomic E-state index is 11.7. The molecule has 0 amide bonds. The quantitative estimate of drug-likeness (QED) is 0.679. The van der Waals surface area contributed by atoms with Gasteiger partial charge in [-0.1, -0.05) is 23.2 Å². The Labute approximate surface area is 111 Å². The van der Waals surface area contributed by atoms with E-state index < -0.39 is 10.5 Å². The van der Waals surface area contributed by atoms with Crippen LogP contribution in [-0.2, 0) is 0 Å². The standard InChI is InChI=1S/C11H6Cl2N2O3/c12-7-1-6(2-8(13)3-7)10-4-9(15(17)18)5-14-11(10)16/h1-5H,(H,14,16). The molecule has 0 aliphatic heterocycles. The van der Waals surface area contributed by atoms with Crippen molar-refractivity contribution in [2.45, 2.75) is 0 Å². The third-order valence-corrected chi connectivity index (χ3v) is 2.71. The van der Waals surface area contributed by atoms with Gasteiger partial charge in [0.1, 0.15) is 0 Å². The van der Waals surface area contributed by atoms with Gasteiger partial charge in [0.2, 0.25) is 0 Å². The van der Waals surface area contributed by atoms with Gasteiger partial charge in [-0.25, -0.2) is 0 Å². The Kier molecular flexibility index (Phi) is 3.36. The third-order valence-electron chi connectivity index (χ3n) is 2.27. The van der Waals surface area contributed by atoms with Crippen molar-refractivity contribution in [3.8, 4) is 11.1 Å². The highest BCUT2D eigenvalue weighted by Gasteiger charge is 2.12. The Morgan fingerprint density at radius 1 is 1.11 bits per heavy atom.